The lowest BCUT2D eigenvalue weighted by Gasteiger charge is -2.07. The van der Waals surface area contributed by atoms with E-state index < -0.39 is 5.97 Å². The number of aromatic nitrogens is 1. The number of fused-ring (bicyclic) bond motifs is 1. The van der Waals surface area contributed by atoms with Crippen LogP contribution in [0.5, 0.6) is 0 Å². The Balaban J connectivity index is 1.58. The van der Waals surface area contributed by atoms with Crippen LogP contribution in [0.4, 0.5) is 5.69 Å². The first-order chi connectivity index (χ1) is 11.7. The van der Waals surface area contributed by atoms with Gasteiger partial charge in [-0.1, -0.05) is 24.3 Å². The van der Waals surface area contributed by atoms with Gasteiger partial charge in [-0.05, 0) is 36.6 Å². The van der Waals surface area contributed by atoms with E-state index in [1.165, 1.54) is 0 Å². The van der Waals surface area contributed by atoms with E-state index >= 15 is 0 Å². The maximum atomic E-state index is 12.0. The van der Waals surface area contributed by atoms with E-state index in [4.69, 9.17) is 4.74 Å². The van der Waals surface area contributed by atoms with Crippen molar-refractivity contribution in [1.82, 2.24) is 4.98 Å². The molecule has 1 aromatic heterocycles. The third-order valence-electron chi connectivity index (χ3n) is 3.44. The lowest BCUT2D eigenvalue weighted by atomic mass is 10.2. The normalized spacial score (nSPS) is 10.5. The highest BCUT2D eigenvalue weighted by Gasteiger charge is 2.13. The van der Waals surface area contributed by atoms with Gasteiger partial charge in [-0.3, -0.25) is 4.79 Å². The van der Waals surface area contributed by atoms with Crippen LogP contribution >= 0.6 is 11.8 Å². The zero-order valence-electron chi connectivity index (χ0n) is 13.0. The van der Waals surface area contributed by atoms with Crippen molar-refractivity contribution in [2.45, 2.75) is 4.90 Å². The molecular weight excluding hydrogens is 324 g/mol. The number of esters is 1. The molecule has 0 saturated carbocycles. The zero-order chi connectivity index (χ0) is 16.9. The van der Waals surface area contributed by atoms with E-state index in [0.29, 0.717) is 11.4 Å². The second-order valence-electron chi connectivity index (χ2n) is 5.13. The van der Waals surface area contributed by atoms with Gasteiger partial charge in [0.1, 0.15) is 5.69 Å². The molecule has 3 aromatic rings. The molecule has 0 saturated heterocycles. The van der Waals surface area contributed by atoms with Crippen LogP contribution in [0, 0.1) is 0 Å². The fourth-order valence-electron chi connectivity index (χ4n) is 2.29. The number of hydrogen-bond donors (Lipinski definition) is 2. The number of ether oxygens (including phenoxy) is 1. The number of H-pyrrole nitrogens is 1. The lowest BCUT2D eigenvalue weighted by molar-refractivity contribution is -0.119. The Morgan fingerprint density at radius 2 is 1.96 bits per heavy atom. The zero-order valence-corrected chi connectivity index (χ0v) is 13.9. The highest BCUT2D eigenvalue weighted by Crippen LogP contribution is 2.19. The van der Waals surface area contributed by atoms with Crippen molar-refractivity contribution < 1.29 is 14.3 Å². The number of para-hydroxylation sites is 1. The molecule has 0 radical (unpaired) electrons. The van der Waals surface area contributed by atoms with Gasteiger partial charge in [0.05, 0.1) is 0 Å². The summed E-state index contributed by atoms with van der Waals surface area (Å²) in [6.07, 6.45) is 1.96. The first-order valence-corrected chi connectivity index (χ1v) is 8.57. The van der Waals surface area contributed by atoms with Gasteiger partial charge in [0, 0.05) is 21.5 Å². The van der Waals surface area contributed by atoms with Crippen LogP contribution in [0.2, 0.25) is 0 Å². The molecule has 2 aromatic carbocycles. The Bertz CT molecular complexity index is 856. The van der Waals surface area contributed by atoms with Gasteiger partial charge in [-0.25, -0.2) is 4.79 Å². The quantitative estimate of drug-likeness (QED) is 0.549. The smallest absolute Gasteiger partial charge is 0.355 e. The Labute approximate surface area is 143 Å². The molecule has 0 aliphatic heterocycles. The topological polar surface area (TPSA) is 71.2 Å². The molecule has 1 amide bonds. The Morgan fingerprint density at radius 1 is 1.12 bits per heavy atom. The highest BCUT2D eigenvalue weighted by atomic mass is 32.2. The van der Waals surface area contributed by atoms with Crippen molar-refractivity contribution in [1.29, 1.82) is 0 Å². The first-order valence-electron chi connectivity index (χ1n) is 7.34. The number of rotatable bonds is 5. The maximum Gasteiger partial charge on any atom is 0.355 e. The number of aromatic amines is 1. The molecule has 0 atom stereocenters. The summed E-state index contributed by atoms with van der Waals surface area (Å²) in [7, 11) is 0. The molecule has 0 aliphatic rings. The van der Waals surface area contributed by atoms with Gasteiger partial charge in [0.2, 0.25) is 0 Å². The number of benzene rings is 2. The van der Waals surface area contributed by atoms with Gasteiger partial charge in [0.25, 0.3) is 5.91 Å². The minimum Gasteiger partial charge on any atom is -0.451 e. The molecule has 3 rings (SSSR count). The molecule has 24 heavy (non-hydrogen) atoms. The van der Waals surface area contributed by atoms with Gasteiger partial charge in [-0.15, -0.1) is 11.8 Å². The van der Waals surface area contributed by atoms with Gasteiger partial charge in [-0.2, -0.15) is 0 Å². The maximum absolute atomic E-state index is 12.0. The monoisotopic (exact) mass is 340 g/mol. The molecule has 0 fully saturated rings. The largest absolute Gasteiger partial charge is 0.451 e. The second kappa shape index (κ2) is 7.23. The Hall–Kier alpha value is -2.73. The van der Waals surface area contributed by atoms with E-state index in [-0.39, 0.29) is 12.5 Å². The molecule has 5 nitrogen and oxygen atoms in total. The van der Waals surface area contributed by atoms with Crippen LogP contribution in [-0.2, 0) is 9.53 Å². The summed E-state index contributed by atoms with van der Waals surface area (Å²) in [4.78, 5) is 28.0. The van der Waals surface area contributed by atoms with E-state index in [1.807, 2.05) is 48.7 Å². The fraction of sp³-hybridized carbons (Fsp3) is 0.111. The summed E-state index contributed by atoms with van der Waals surface area (Å²) in [6.45, 7) is -0.336. The average molecular weight is 340 g/mol. The van der Waals surface area contributed by atoms with Crippen molar-refractivity contribution in [2.75, 3.05) is 18.2 Å². The van der Waals surface area contributed by atoms with E-state index in [1.54, 1.807) is 23.9 Å². The molecule has 122 valence electrons. The van der Waals surface area contributed by atoms with Crippen LogP contribution in [0.3, 0.4) is 0 Å². The molecular formula is C18H16N2O3S. The van der Waals surface area contributed by atoms with Crippen LogP contribution in [-0.4, -0.2) is 29.7 Å². The molecule has 0 bridgehead atoms. The van der Waals surface area contributed by atoms with Crippen LogP contribution in [0.1, 0.15) is 10.5 Å². The number of carbonyl (C=O) groups excluding carboxylic acids is 2. The van der Waals surface area contributed by atoms with Crippen LogP contribution < -0.4 is 5.32 Å². The van der Waals surface area contributed by atoms with Gasteiger partial charge in [0.15, 0.2) is 6.61 Å². The number of carbonyl (C=O) groups is 2. The summed E-state index contributed by atoms with van der Waals surface area (Å²) in [5, 5.41) is 3.63. The average Bonchev–Trinajstić information content (AvgIpc) is 3.04. The predicted molar refractivity (Wildman–Crippen MR) is 95.4 cm³/mol. The van der Waals surface area contributed by atoms with Crippen molar-refractivity contribution in [2.24, 2.45) is 0 Å². The third-order valence-corrected chi connectivity index (χ3v) is 4.16. The van der Waals surface area contributed by atoms with Gasteiger partial charge < -0.3 is 15.0 Å². The number of amides is 1. The molecule has 2 N–H and O–H groups in total. The van der Waals surface area contributed by atoms with Crippen molar-refractivity contribution in [3.63, 3.8) is 0 Å². The SMILES string of the molecule is CSc1cccc(NC(=O)COC(=O)c2cc3ccccc3[nH]2)c1. The number of nitrogens with one attached hydrogen (secondary N) is 2. The molecule has 6 heteroatoms. The minimum absolute atomic E-state index is 0.327. The third kappa shape index (κ3) is 3.78. The van der Waals surface area contributed by atoms with Crippen molar-refractivity contribution in [3.05, 3.63) is 60.3 Å². The first kappa shape index (κ1) is 16.1. The summed E-state index contributed by atoms with van der Waals surface area (Å²) in [5.74, 6) is -0.933. The van der Waals surface area contributed by atoms with E-state index in [9.17, 15) is 9.59 Å². The Morgan fingerprint density at radius 3 is 2.75 bits per heavy atom. The molecule has 0 unspecified atom stereocenters. The Kier molecular flexibility index (Phi) is 4.86. The highest BCUT2D eigenvalue weighted by molar-refractivity contribution is 7.98. The number of thioether (sulfide) groups is 1. The second-order valence-corrected chi connectivity index (χ2v) is 6.01. The summed E-state index contributed by atoms with van der Waals surface area (Å²) in [5.41, 5.74) is 1.85. The minimum atomic E-state index is -0.556. The number of anilines is 1. The van der Waals surface area contributed by atoms with E-state index in [2.05, 4.69) is 10.3 Å². The van der Waals surface area contributed by atoms with E-state index in [0.717, 1.165) is 15.8 Å². The summed E-state index contributed by atoms with van der Waals surface area (Å²) < 4.78 is 5.06. The molecule has 0 aliphatic carbocycles. The van der Waals surface area contributed by atoms with Gasteiger partial charge >= 0.3 is 5.97 Å². The van der Waals surface area contributed by atoms with Crippen LogP contribution in [0.15, 0.2) is 59.5 Å². The van der Waals surface area contributed by atoms with Crippen molar-refractivity contribution >= 4 is 40.2 Å². The summed E-state index contributed by atoms with van der Waals surface area (Å²) in [6, 6.07) is 16.7. The molecule has 0 spiro atoms. The lowest BCUT2D eigenvalue weighted by Crippen LogP contribution is -2.21. The molecule has 1 heterocycles. The predicted octanol–water partition coefficient (Wildman–Crippen LogP) is 3.69. The summed E-state index contributed by atoms with van der Waals surface area (Å²) >= 11 is 1.59. The fourth-order valence-corrected chi connectivity index (χ4v) is 2.75. The standard InChI is InChI=1S/C18H16N2O3S/c1-24-14-7-4-6-13(10-14)19-17(21)11-23-18(22)16-9-12-5-2-3-8-15(12)20-16/h2-10,20H,11H2,1H3,(H,19,21). The van der Waals surface area contributed by atoms with Crippen molar-refractivity contribution in [3.8, 4) is 0 Å². The number of hydrogen-bond acceptors (Lipinski definition) is 4. The van der Waals surface area contributed by atoms with Crippen LogP contribution in [0.25, 0.3) is 10.9 Å².